The molecular formula is C16H22FN5S. The van der Waals surface area contributed by atoms with Crippen molar-refractivity contribution in [2.45, 2.75) is 30.2 Å². The minimum Gasteiger partial charge on any atom is -0.366 e. The van der Waals surface area contributed by atoms with Gasteiger partial charge in [-0.05, 0) is 37.8 Å². The van der Waals surface area contributed by atoms with Gasteiger partial charge in [0.15, 0.2) is 5.65 Å². The number of halogens is 1. The SMILES string of the molecule is Cc1cnc2c(N3CCNCC3)cc(SNC3(CF)CC3)cn12. The molecule has 2 aromatic heterocycles. The zero-order valence-corrected chi connectivity index (χ0v) is 14.1. The largest absolute Gasteiger partial charge is 0.366 e. The van der Waals surface area contributed by atoms with Crippen molar-refractivity contribution in [1.29, 1.82) is 0 Å². The van der Waals surface area contributed by atoms with Crippen molar-refractivity contribution in [1.82, 2.24) is 19.4 Å². The summed E-state index contributed by atoms with van der Waals surface area (Å²) >= 11 is 1.54. The highest BCUT2D eigenvalue weighted by Gasteiger charge is 2.42. The van der Waals surface area contributed by atoms with Gasteiger partial charge in [0.2, 0.25) is 0 Å². The van der Waals surface area contributed by atoms with Gasteiger partial charge in [-0.15, -0.1) is 0 Å². The Morgan fingerprint density at radius 3 is 2.87 bits per heavy atom. The Bertz CT molecular complexity index is 706. The second-order valence-corrected chi connectivity index (χ2v) is 7.39. The molecule has 1 aliphatic heterocycles. The first-order chi connectivity index (χ1) is 11.2. The van der Waals surface area contributed by atoms with Crippen LogP contribution in [0.5, 0.6) is 0 Å². The van der Waals surface area contributed by atoms with Crippen LogP contribution in [0.25, 0.3) is 5.65 Å². The maximum absolute atomic E-state index is 13.1. The lowest BCUT2D eigenvalue weighted by Crippen LogP contribution is -2.43. The van der Waals surface area contributed by atoms with E-state index in [4.69, 9.17) is 0 Å². The molecule has 0 amide bonds. The molecule has 0 bridgehead atoms. The van der Waals surface area contributed by atoms with Crippen LogP contribution in [-0.4, -0.2) is 47.8 Å². The van der Waals surface area contributed by atoms with Crippen molar-refractivity contribution < 1.29 is 4.39 Å². The maximum atomic E-state index is 13.1. The number of fused-ring (bicyclic) bond motifs is 1. The topological polar surface area (TPSA) is 44.6 Å². The molecule has 2 aromatic rings. The fourth-order valence-electron chi connectivity index (χ4n) is 2.94. The first-order valence-corrected chi connectivity index (χ1v) is 8.96. The molecule has 124 valence electrons. The number of aryl methyl sites for hydroxylation is 1. The molecule has 5 nitrogen and oxygen atoms in total. The first kappa shape index (κ1) is 15.2. The van der Waals surface area contributed by atoms with Crippen molar-refractivity contribution >= 4 is 23.3 Å². The van der Waals surface area contributed by atoms with E-state index in [1.165, 1.54) is 11.9 Å². The van der Waals surface area contributed by atoms with Gasteiger partial charge in [0.1, 0.15) is 6.67 Å². The Morgan fingerprint density at radius 2 is 2.17 bits per heavy atom. The smallest absolute Gasteiger partial charge is 0.160 e. The van der Waals surface area contributed by atoms with Crippen LogP contribution in [0.4, 0.5) is 10.1 Å². The van der Waals surface area contributed by atoms with Crippen molar-refractivity contribution in [3.05, 3.63) is 24.2 Å². The van der Waals surface area contributed by atoms with E-state index < -0.39 is 0 Å². The lowest BCUT2D eigenvalue weighted by atomic mass is 10.3. The normalized spacial score (nSPS) is 20.2. The highest BCUT2D eigenvalue weighted by molar-refractivity contribution is 7.97. The molecule has 0 radical (unpaired) electrons. The number of anilines is 1. The highest BCUT2D eigenvalue weighted by atomic mass is 32.2. The van der Waals surface area contributed by atoms with E-state index in [1.54, 1.807) is 0 Å². The summed E-state index contributed by atoms with van der Waals surface area (Å²) in [5, 5.41) is 3.39. The number of imidazole rings is 1. The number of nitrogens with zero attached hydrogens (tertiary/aromatic N) is 3. The van der Waals surface area contributed by atoms with Gasteiger partial charge in [-0.3, -0.25) is 4.72 Å². The molecular weight excluding hydrogens is 313 g/mol. The van der Waals surface area contributed by atoms with Crippen LogP contribution in [0.2, 0.25) is 0 Å². The lowest BCUT2D eigenvalue weighted by molar-refractivity contribution is 0.402. The van der Waals surface area contributed by atoms with Gasteiger partial charge in [0, 0.05) is 49.2 Å². The third kappa shape index (κ3) is 2.93. The Balaban J connectivity index is 1.66. The number of nitrogens with one attached hydrogen (secondary N) is 2. The average molecular weight is 335 g/mol. The van der Waals surface area contributed by atoms with E-state index in [0.29, 0.717) is 0 Å². The van der Waals surface area contributed by atoms with Crippen LogP contribution >= 0.6 is 11.9 Å². The zero-order valence-electron chi connectivity index (χ0n) is 13.3. The van der Waals surface area contributed by atoms with Crippen LogP contribution in [0, 0.1) is 6.92 Å². The molecule has 0 atom stereocenters. The van der Waals surface area contributed by atoms with Gasteiger partial charge in [-0.1, -0.05) is 0 Å². The van der Waals surface area contributed by atoms with E-state index in [2.05, 4.69) is 43.5 Å². The quantitative estimate of drug-likeness (QED) is 0.820. The summed E-state index contributed by atoms with van der Waals surface area (Å²) in [7, 11) is 0. The molecule has 2 fully saturated rings. The van der Waals surface area contributed by atoms with Crippen LogP contribution in [0.15, 0.2) is 23.4 Å². The summed E-state index contributed by atoms with van der Waals surface area (Å²) in [6, 6.07) is 2.18. The molecule has 7 heteroatoms. The van der Waals surface area contributed by atoms with Crippen LogP contribution in [-0.2, 0) is 0 Å². The average Bonchev–Trinajstić information content (AvgIpc) is 3.30. The number of rotatable bonds is 5. The standard InChI is InChI=1S/C16H22FN5S/c1-12-9-19-15-14(21-6-4-18-5-7-21)8-13(10-22(12)15)23-20-16(11-17)2-3-16/h8-10,18,20H,2-7,11H2,1H3. The molecule has 23 heavy (non-hydrogen) atoms. The minimum absolute atomic E-state index is 0.293. The monoisotopic (exact) mass is 335 g/mol. The number of hydrogen-bond acceptors (Lipinski definition) is 5. The van der Waals surface area contributed by atoms with Gasteiger partial charge < -0.3 is 14.6 Å². The van der Waals surface area contributed by atoms with Gasteiger partial charge in [-0.25, -0.2) is 9.37 Å². The number of alkyl halides is 1. The van der Waals surface area contributed by atoms with Crippen molar-refractivity contribution in [2.24, 2.45) is 0 Å². The summed E-state index contributed by atoms with van der Waals surface area (Å²) in [5.74, 6) is 0. The predicted octanol–water partition coefficient (Wildman–Crippen LogP) is 2.15. The maximum Gasteiger partial charge on any atom is 0.160 e. The first-order valence-electron chi connectivity index (χ1n) is 8.14. The molecule has 1 aliphatic carbocycles. The number of piperazine rings is 1. The second kappa shape index (κ2) is 5.96. The van der Waals surface area contributed by atoms with Gasteiger partial charge >= 0.3 is 0 Å². The third-order valence-electron chi connectivity index (χ3n) is 4.70. The Kier molecular flexibility index (Phi) is 3.95. The summed E-state index contributed by atoms with van der Waals surface area (Å²) in [5.41, 5.74) is 2.99. The third-order valence-corrected chi connectivity index (χ3v) is 5.69. The molecule has 1 saturated heterocycles. The summed E-state index contributed by atoms with van der Waals surface area (Å²) in [6.45, 7) is 5.72. The van der Waals surface area contributed by atoms with Crippen LogP contribution in [0.3, 0.4) is 0 Å². The van der Waals surface area contributed by atoms with Crippen LogP contribution in [0.1, 0.15) is 18.5 Å². The van der Waals surface area contributed by atoms with Crippen molar-refractivity contribution in [3.63, 3.8) is 0 Å². The molecule has 0 aromatic carbocycles. The number of aromatic nitrogens is 2. The Hall–Kier alpha value is -1.31. The van der Waals surface area contributed by atoms with Gasteiger partial charge in [0.05, 0.1) is 11.2 Å². The molecule has 1 saturated carbocycles. The van der Waals surface area contributed by atoms with Crippen molar-refractivity contribution in [2.75, 3.05) is 37.8 Å². The minimum atomic E-state index is -0.295. The van der Waals surface area contributed by atoms with Crippen molar-refractivity contribution in [3.8, 4) is 0 Å². The number of pyridine rings is 1. The van der Waals surface area contributed by atoms with E-state index in [0.717, 1.165) is 60.9 Å². The van der Waals surface area contributed by atoms with Gasteiger partial charge in [-0.2, -0.15) is 0 Å². The van der Waals surface area contributed by atoms with Crippen LogP contribution < -0.4 is 14.9 Å². The Labute approximate surface area is 139 Å². The molecule has 0 unspecified atom stereocenters. The van der Waals surface area contributed by atoms with E-state index in [-0.39, 0.29) is 12.2 Å². The second-order valence-electron chi connectivity index (χ2n) is 6.51. The van der Waals surface area contributed by atoms with E-state index in [1.807, 2.05) is 6.20 Å². The predicted molar refractivity (Wildman–Crippen MR) is 91.9 cm³/mol. The number of hydrogen-bond donors (Lipinski definition) is 2. The summed E-state index contributed by atoms with van der Waals surface area (Å²) in [4.78, 5) is 8.07. The molecule has 2 aliphatic rings. The fourth-order valence-corrected chi connectivity index (χ4v) is 3.86. The Morgan fingerprint density at radius 1 is 1.39 bits per heavy atom. The molecule has 2 N–H and O–H groups in total. The van der Waals surface area contributed by atoms with E-state index in [9.17, 15) is 4.39 Å². The molecule has 3 heterocycles. The molecule has 4 rings (SSSR count). The summed E-state index contributed by atoms with van der Waals surface area (Å²) in [6.07, 6.45) is 5.85. The molecule has 0 spiro atoms. The lowest BCUT2D eigenvalue weighted by Gasteiger charge is -2.30. The fraction of sp³-hybridized carbons (Fsp3) is 0.562. The summed E-state index contributed by atoms with van der Waals surface area (Å²) < 4.78 is 18.5. The zero-order chi connectivity index (χ0) is 15.9. The van der Waals surface area contributed by atoms with E-state index >= 15 is 0 Å². The highest BCUT2D eigenvalue weighted by Crippen LogP contribution is 2.39. The van der Waals surface area contributed by atoms with Gasteiger partial charge in [0.25, 0.3) is 0 Å².